The molecule has 1 fully saturated rings. The van der Waals surface area contributed by atoms with E-state index in [1.54, 1.807) is 4.90 Å². The van der Waals surface area contributed by atoms with Crippen LogP contribution in [0.4, 0.5) is 10.5 Å². The van der Waals surface area contributed by atoms with Crippen molar-refractivity contribution in [1.82, 2.24) is 4.90 Å². The number of para-hydroxylation sites is 1. The minimum absolute atomic E-state index is 0.126. The van der Waals surface area contributed by atoms with Crippen LogP contribution in [0.3, 0.4) is 0 Å². The summed E-state index contributed by atoms with van der Waals surface area (Å²) >= 11 is 0. The molecule has 1 aromatic rings. The van der Waals surface area contributed by atoms with Crippen LogP contribution in [0.1, 0.15) is 33.6 Å². The second-order valence-corrected chi connectivity index (χ2v) is 6.95. The molecule has 0 atom stereocenters. The molecule has 0 radical (unpaired) electrons. The van der Waals surface area contributed by atoms with E-state index < -0.39 is 5.60 Å². The van der Waals surface area contributed by atoms with Gasteiger partial charge in [-0.3, -0.25) is 0 Å². The Balaban J connectivity index is 1.95. The van der Waals surface area contributed by atoms with Crippen LogP contribution < -0.4 is 4.90 Å². The fourth-order valence-corrected chi connectivity index (χ4v) is 2.94. The molecule has 2 rings (SSSR count). The minimum Gasteiger partial charge on any atom is -0.444 e. The Morgan fingerprint density at radius 2 is 1.87 bits per heavy atom. The van der Waals surface area contributed by atoms with E-state index in [9.17, 15) is 9.90 Å². The summed E-state index contributed by atoms with van der Waals surface area (Å²) in [5.41, 5.74) is 0.665. The third kappa shape index (κ3) is 5.13. The van der Waals surface area contributed by atoms with Crippen LogP contribution in [0.15, 0.2) is 30.3 Å². The van der Waals surface area contributed by atoms with E-state index in [4.69, 9.17) is 4.74 Å². The van der Waals surface area contributed by atoms with Gasteiger partial charge < -0.3 is 19.6 Å². The maximum absolute atomic E-state index is 12.1. The predicted molar refractivity (Wildman–Crippen MR) is 91.7 cm³/mol. The summed E-state index contributed by atoms with van der Waals surface area (Å²) < 4.78 is 5.44. The Kier molecular flexibility index (Phi) is 5.88. The van der Waals surface area contributed by atoms with E-state index in [-0.39, 0.29) is 12.7 Å². The summed E-state index contributed by atoms with van der Waals surface area (Å²) in [7, 11) is 0. The van der Waals surface area contributed by atoms with E-state index >= 15 is 0 Å². The number of anilines is 1. The van der Waals surface area contributed by atoms with Gasteiger partial charge in [0.2, 0.25) is 0 Å². The predicted octanol–water partition coefficient (Wildman–Crippen LogP) is 2.88. The number of benzene rings is 1. The Morgan fingerprint density at radius 3 is 2.39 bits per heavy atom. The maximum Gasteiger partial charge on any atom is 0.410 e. The minimum atomic E-state index is -0.457. The third-order valence-electron chi connectivity index (χ3n) is 3.99. The third-order valence-corrected chi connectivity index (χ3v) is 3.99. The van der Waals surface area contributed by atoms with E-state index in [1.165, 1.54) is 0 Å². The number of piperidine rings is 1. The van der Waals surface area contributed by atoms with E-state index in [0.29, 0.717) is 25.7 Å². The van der Waals surface area contributed by atoms with E-state index in [0.717, 1.165) is 18.5 Å². The van der Waals surface area contributed by atoms with Crippen molar-refractivity contribution >= 4 is 11.8 Å². The van der Waals surface area contributed by atoms with Crippen molar-refractivity contribution in [2.45, 2.75) is 45.3 Å². The lowest BCUT2D eigenvalue weighted by atomic mass is 10.0. The van der Waals surface area contributed by atoms with Crippen molar-refractivity contribution in [1.29, 1.82) is 0 Å². The molecule has 1 saturated heterocycles. The first-order valence-corrected chi connectivity index (χ1v) is 8.31. The Bertz CT molecular complexity index is 491. The molecule has 5 nitrogen and oxygen atoms in total. The summed E-state index contributed by atoms with van der Waals surface area (Å²) in [6.45, 7) is 7.77. The molecule has 0 saturated carbocycles. The number of amides is 1. The molecule has 0 aliphatic carbocycles. The highest BCUT2D eigenvalue weighted by Gasteiger charge is 2.29. The van der Waals surface area contributed by atoms with Crippen LogP contribution in [0.5, 0.6) is 0 Å². The molecule has 1 heterocycles. The topological polar surface area (TPSA) is 53.0 Å². The quantitative estimate of drug-likeness (QED) is 0.927. The summed E-state index contributed by atoms with van der Waals surface area (Å²) in [4.78, 5) is 16.2. The van der Waals surface area contributed by atoms with Gasteiger partial charge >= 0.3 is 6.09 Å². The second kappa shape index (κ2) is 7.68. The summed E-state index contributed by atoms with van der Waals surface area (Å²) in [6, 6.07) is 10.5. The number of nitrogens with zero attached hydrogens (tertiary/aromatic N) is 2. The number of hydrogen-bond donors (Lipinski definition) is 1. The van der Waals surface area contributed by atoms with Crippen molar-refractivity contribution in [3.8, 4) is 0 Å². The fourth-order valence-electron chi connectivity index (χ4n) is 2.94. The van der Waals surface area contributed by atoms with Crippen LogP contribution >= 0.6 is 0 Å². The largest absolute Gasteiger partial charge is 0.444 e. The molecule has 0 aromatic heterocycles. The molecular weight excluding hydrogens is 292 g/mol. The highest BCUT2D eigenvalue weighted by atomic mass is 16.6. The summed E-state index contributed by atoms with van der Waals surface area (Å²) in [5, 5.41) is 9.37. The van der Waals surface area contributed by atoms with Crippen molar-refractivity contribution in [3.63, 3.8) is 0 Å². The lowest BCUT2D eigenvalue weighted by Crippen LogP contribution is -2.48. The van der Waals surface area contributed by atoms with Gasteiger partial charge in [0.25, 0.3) is 0 Å². The first kappa shape index (κ1) is 17.6. The molecule has 128 valence electrons. The van der Waals surface area contributed by atoms with Crippen molar-refractivity contribution in [2.75, 3.05) is 31.1 Å². The molecule has 1 aromatic carbocycles. The van der Waals surface area contributed by atoms with Crippen LogP contribution in [0.2, 0.25) is 0 Å². The molecule has 1 N–H and O–H groups in total. The molecule has 1 aliphatic rings. The van der Waals surface area contributed by atoms with Gasteiger partial charge in [0.05, 0.1) is 6.61 Å². The van der Waals surface area contributed by atoms with Crippen molar-refractivity contribution < 1.29 is 14.6 Å². The lowest BCUT2D eigenvalue weighted by molar-refractivity contribution is 0.0204. The maximum atomic E-state index is 12.1. The highest BCUT2D eigenvalue weighted by molar-refractivity contribution is 5.68. The average molecular weight is 320 g/mol. The first-order chi connectivity index (χ1) is 10.9. The Labute approximate surface area is 138 Å². The van der Waals surface area contributed by atoms with Gasteiger partial charge in [-0.1, -0.05) is 18.2 Å². The summed E-state index contributed by atoms with van der Waals surface area (Å²) in [6.07, 6.45) is 1.53. The van der Waals surface area contributed by atoms with Gasteiger partial charge in [0, 0.05) is 31.4 Å². The van der Waals surface area contributed by atoms with Gasteiger partial charge in [-0.2, -0.15) is 0 Å². The smallest absolute Gasteiger partial charge is 0.410 e. The first-order valence-electron chi connectivity index (χ1n) is 8.31. The SMILES string of the molecule is CC(C)(C)OC(=O)N1CCC(N(CCO)c2ccccc2)CC1. The number of aliphatic hydroxyl groups is 1. The van der Waals surface area contributed by atoms with Crippen molar-refractivity contribution in [3.05, 3.63) is 30.3 Å². The normalized spacial score (nSPS) is 16.3. The Hall–Kier alpha value is -1.75. The number of rotatable bonds is 4. The van der Waals surface area contributed by atoms with E-state index in [2.05, 4.69) is 17.0 Å². The average Bonchev–Trinajstić information content (AvgIpc) is 2.52. The van der Waals surface area contributed by atoms with Gasteiger partial charge in [0.15, 0.2) is 0 Å². The number of carbonyl (C=O) groups excluding carboxylic acids is 1. The zero-order valence-electron chi connectivity index (χ0n) is 14.4. The van der Waals surface area contributed by atoms with Crippen LogP contribution in [-0.2, 0) is 4.74 Å². The van der Waals surface area contributed by atoms with Crippen LogP contribution in [0.25, 0.3) is 0 Å². The molecule has 1 aliphatic heterocycles. The molecule has 23 heavy (non-hydrogen) atoms. The molecular formula is C18H28N2O3. The Morgan fingerprint density at radius 1 is 1.26 bits per heavy atom. The van der Waals surface area contributed by atoms with Gasteiger partial charge in [0.1, 0.15) is 5.60 Å². The van der Waals surface area contributed by atoms with Crippen LogP contribution in [-0.4, -0.2) is 54.0 Å². The van der Waals surface area contributed by atoms with Crippen molar-refractivity contribution in [2.24, 2.45) is 0 Å². The second-order valence-electron chi connectivity index (χ2n) is 6.95. The molecule has 0 spiro atoms. The molecule has 5 heteroatoms. The molecule has 0 bridgehead atoms. The number of hydrogen-bond acceptors (Lipinski definition) is 4. The lowest BCUT2D eigenvalue weighted by Gasteiger charge is -2.39. The van der Waals surface area contributed by atoms with Gasteiger partial charge in [-0.05, 0) is 45.7 Å². The van der Waals surface area contributed by atoms with E-state index in [1.807, 2.05) is 39.0 Å². The molecule has 0 unspecified atom stereocenters. The standard InChI is InChI=1S/C18H28N2O3/c1-18(2,3)23-17(22)19-11-9-16(10-12-19)20(13-14-21)15-7-5-4-6-8-15/h4-8,16,21H,9-14H2,1-3H3. The van der Waals surface area contributed by atoms with Gasteiger partial charge in [-0.25, -0.2) is 4.79 Å². The van der Waals surface area contributed by atoms with Crippen LogP contribution in [0, 0.1) is 0 Å². The molecule has 1 amide bonds. The zero-order valence-corrected chi connectivity index (χ0v) is 14.4. The zero-order chi connectivity index (χ0) is 16.9. The number of carbonyl (C=O) groups is 1. The number of aliphatic hydroxyl groups excluding tert-OH is 1. The number of likely N-dealkylation sites (tertiary alicyclic amines) is 1. The monoisotopic (exact) mass is 320 g/mol. The number of ether oxygens (including phenoxy) is 1. The summed E-state index contributed by atoms with van der Waals surface area (Å²) in [5.74, 6) is 0. The highest BCUT2D eigenvalue weighted by Crippen LogP contribution is 2.24. The fraction of sp³-hybridized carbons (Fsp3) is 0.611. The van der Waals surface area contributed by atoms with Gasteiger partial charge in [-0.15, -0.1) is 0 Å².